The highest BCUT2D eigenvalue weighted by Crippen LogP contribution is 2.13. The fraction of sp³-hybridized carbons (Fsp3) is 0.182. The van der Waals surface area contributed by atoms with Crippen LogP contribution in [0.15, 0.2) is 24.8 Å². The van der Waals surface area contributed by atoms with E-state index in [0.29, 0.717) is 5.56 Å². The molecule has 0 aromatic heterocycles. The monoisotopic (exact) mass is 157 g/mol. The zero-order valence-electron chi connectivity index (χ0n) is 7.17. The summed E-state index contributed by atoms with van der Waals surface area (Å²) < 4.78 is 0. The third kappa shape index (κ3) is 1.54. The normalized spacial score (nSPS) is 9.00. The average Bonchev–Trinajstić information content (AvgIpc) is 2.16. The number of hydrogen-bond acceptors (Lipinski definition) is 1. The third-order valence-corrected chi connectivity index (χ3v) is 1.88. The number of benzene rings is 1. The summed E-state index contributed by atoms with van der Waals surface area (Å²) in [5.74, 6) is 0. The average molecular weight is 157 g/mol. The first-order valence-electron chi connectivity index (χ1n) is 3.97. The van der Waals surface area contributed by atoms with Gasteiger partial charge in [0.2, 0.25) is 0 Å². The van der Waals surface area contributed by atoms with Crippen LogP contribution in [-0.4, -0.2) is 0 Å². The van der Waals surface area contributed by atoms with Gasteiger partial charge in [-0.2, -0.15) is 5.26 Å². The van der Waals surface area contributed by atoms with E-state index in [-0.39, 0.29) is 0 Å². The van der Waals surface area contributed by atoms with E-state index >= 15 is 0 Å². The largest absolute Gasteiger partial charge is 0.192 e. The first-order chi connectivity index (χ1) is 5.81. The standard InChI is InChI=1S/C11H11N/c1-3-10-6-5-9(8-12)7-11(10)4-2/h4-7H,2-3H2,1H3. The molecule has 0 saturated heterocycles. The van der Waals surface area contributed by atoms with Gasteiger partial charge in [-0.1, -0.05) is 25.6 Å². The van der Waals surface area contributed by atoms with Crippen LogP contribution in [0.3, 0.4) is 0 Å². The second-order valence-electron chi connectivity index (χ2n) is 2.58. The van der Waals surface area contributed by atoms with E-state index in [9.17, 15) is 0 Å². The predicted octanol–water partition coefficient (Wildman–Crippen LogP) is 2.76. The smallest absolute Gasteiger partial charge is 0.0991 e. The van der Waals surface area contributed by atoms with Crippen molar-refractivity contribution < 1.29 is 0 Å². The molecule has 1 heteroatoms. The highest BCUT2D eigenvalue weighted by atomic mass is 14.2. The molecule has 0 fully saturated rings. The Balaban J connectivity index is 3.21. The Morgan fingerprint density at radius 1 is 1.58 bits per heavy atom. The SMILES string of the molecule is C=Cc1cc(C#N)ccc1CC. The molecular weight excluding hydrogens is 146 g/mol. The van der Waals surface area contributed by atoms with E-state index in [1.807, 2.05) is 18.2 Å². The van der Waals surface area contributed by atoms with E-state index in [2.05, 4.69) is 19.6 Å². The maximum absolute atomic E-state index is 8.64. The van der Waals surface area contributed by atoms with Gasteiger partial charge in [0.15, 0.2) is 0 Å². The molecule has 0 heterocycles. The molecule has 0 amide bonds. The third-order valence-electron chi connectivity index (χ3n) is 1.88. The van der Waals surface area contributed by atoms with Crippen molar-refractivity contribution in [2.24, 2.45) is 0 Å². The lowest BCUT2D eigenvalue weighted by molar-refractivity contribution is 1.13. The Hall–Kier alpha value is -1.55. The van der Waals surface area contributed by atoms with Gasteiger partial charge in [0.1, 0.15) is 0 Å². The van der Waals surface area contributed by atoms with Crippen LogP contribution in [0.5, 0.6) is 0 Å². The van der Waals surface area contributed by atoms with Gasteiger partial charge in [-0.15, -0.1) is 0 Å². The maximum atomic E-state index is 8.64. The highest BCUT2D eigenvalue weighted by Gasteiger charge is 1.97. The molecule has 1 aromatic carbocycles. The van der Waals surface area contributed by atoms with Crippen molar-refractivity contribution in [2.45, 2.75) is 13.3 Å². The molecule has 0 aliphatic rings. The maximum Gasteiger partial charge on any atom is 0.0991 e. The van der Waals surface area contributed by atoms with Crippen LogP contribution in [0, 0.1) is 11.3 Å². The summed E-state index contributed by atoms with van der Waals surface area (Å²) >= 11 is 0. The minimum atomic E-state index is 0.696. The molecule has 0 saturated carbocycles. The Bertz CT molecular complexity index is 331. The van der Waals surface area contributed by atoms with Gasteiger partial charge in [-0.05, 0) is 29.7 Å². The fourth-order valence-electron chi connectivity index (χ4n) is 1.18. The van der Waals surface area contributed by atoms with Crippen LogP contribution < -0.4 is 0 Å². The summed E-state index contributed by atoms with van der Waals surface area (Å²) in [5, 5.41) is 8.64. The predicted molar refractivity (Wildman–Crippen MR) is 50.6 cm³/mol. The van der Waals surface area contributed by atoms with Crippen molar-refractivity contribution in [2.75, 3.05) is 0 Å². The molecule has 0 spiro atoms. The molecule has 0 N–H and O–H groups in total. The zero-order valence-corrected chi connectivity index (χ0v) is 7.17. The van der Waals surface area contributed by atoms with Gasteiger partial charge in [0, 0.05) is 0 Å². The lowest BCUT2D eigenvalue weighted by Gasteiger charge is -2.02. The Kier molecular flexibility index (Phi) is 2.66. The van der Waals surface area contributed by atoms with Crippen molar-refractivity contribution in [3.63, 3.8) is 0 Å². The van der Waals surface area contributed by atoms with E-state index in [1.54, 1.807) is 6.08 Å². The summed E-state index contributed by atoms with van der Waals surface area (Å²) in [6.07, 6.45) is 2.77. The van der Waals surface area contributed by atoms with Crippen LogP contribution in [0.25, 0.3) is 6.08 Å². The number of rotatable bonds is 2. The lowest BCUT2D eigenvalue weighted by Crippen LogP contribution is -1.86. The molecule has 0 atom stereocenters. The molecule has 1 nitrogen and oxygen atoms in total. The lowest BCUT2D eigenvalue weighted by atomic mass is 10.0. The summed E-state index contributed by atoms with van der Waals surface area (Å²) in [4.78, 5) is 0. The van der Waals surface area contributed by atoms with Crippen LogP contribution in [-0.2, 0) is 6.42 Å². The van der Waals surface area contributed by atoms with Gasteiger partial charge >= 0.3 is 0 Å². The van der Waals surface area contributed by atoms with Gasteiger partial charge in [-0.25, -0.2) is 0 Å². The Morgan fingerprint density at radius 3 is 2.83 bits per heavy atom. The second-order valence-corrected chi connectivity index (χ2v) is 2.58. The molecule has 0 aliphatic heterocycles. The zero-order chi connectivity index (χ0) is 8.97. The summed E-state index contributed by atoms with van der Waals surface area (Å²) in [5.41, 5.74) is 3.00. The second kappa shape index (κ2) is 3.73. The van der Waals surface area contributed by atoms with Crippen LogP contribution in [0.2, 0.25) is 0 Å². The van der Waals surface area contributed by atoms with Crippen LogP contribution in [0.1, 0.15) is 23.6 Å². The first kappa shape index (κ1) is 8.55. The van der Waals surface area contributed by atoms with Gasteiger partial charge in [-0.3, -0.25) is 0 Å². The molecule has 0 radical (unpaired) electrons. The van der Waals surface area contributed by atoms with Crippen molar-refractivity contribution in [3.8, 4) is 6.07 Å². The molecule has 0 aliphatic carbocycles. The highest BCUT2D eigenvalue weighted by molar-refractivity contribution is 5.55. The molecule has 60 valence electrons. The van der Waals surface area contributed by atoms with Crippen LogP contribution in [0.4, 0.5) is 0 Å². The molecule has 12 heavy (non-hydrogen) atoms. The fourth-order valence-corrected chi connectivity index (χ4v) is 1.18. The minimum Gasteiger partial charge on any atom is -0.192 e. The number of nitriles is 1. The van der Waals surface area contributed by atoms with E-state index < -0.39 is 0 Å². The Labute approximate surface area is 73.0 Å². The van der Waals surface area contributed by atoms with E-state index in [4.69, 9.17) is 5.26 Å². The van der Waals surface area contributed by atoms with Gasteiger partial charge < -0.3 is 0 Å². The van der Waals surface area contributed by atoms with Crippen molar-refractivity contribution in [3.05, 3.63) is 41.5 Å². The molecule has 0 unspecified atom stereocenters. The summed E-state index contributed by atoms with van der Waals surface area (Å²) in [7, 11) is 0. The van der Waals surface area contributed by atoms with Crippen molar-refractivity contribution >= 4 is 6.08 Å². The molecule has 1 rings (SSSR count). The molecule has 0 bridgehead atoms. The number of nitrogens with zero attached hydrogens (tertiary/aromatic N) is 1. The molecule has 1 aromatic rings. The van der Waals surface area contributed by atoms with Crippen molar-refractivity contribution in [1.29, 1.82) is 5.26 Å². The van der Waals surface area contributed by atoms with E-state index in [0.717, 1.165) is 12.0 Å². The molecular formula is C11H11N. The van der Waals surface area contributed by atoms with Crippen molar-refractivity contribution in [1.82, 2.24) is 0 Å². The first-order valence-corrected chi connectivity index (χ1v) is 3.97. The van der Waals surface area contributed by atoms with Gasteiger partial charge in [0.05, 0.1) is 11.6 Å². The summed E-state index contributed by atoms with van der Waals surface area (Å²) in [6.45, 7) is 5.80. The van der Waals surface area contributed by atoms with Crippen LogP contribution >= 0.6 is 0 Å². The quantitative estimate of drug-likeness (QED) is 0.647. The number of aryl methyl sites for hydroxylation is 1. The van der Waals surface area contributed by atoms with Gasteiger partial charge in [0.25, 0.3) is 0 Å². The summed E-state index contributed by atoms with van der Waals surface area (Å²) in [6, 6.07) is 7.79. The topological polar surface area (TPSA) is 23.8 Å². The minimum absolute atomic E-state index is 0.696. The number of hydrogen-bond donors (Lipinski definition) is 0. The van der Waals surface area contributed by atoms with E-state index in [1.165, 1.54) is 5.56 Å². The Morgan fingerprint density at radius 2 is 2.33 bits per heavy atom.